The van der Waals surface area contributed by atoms with Crippen molar-refractivity contribution in [2.45, 2.75) is 39.4 Å². The van der Waals surface area contributed by atoms with E-state index < -0.39 is 10.8 Å². The fraction of sp³-hybridized carbons (Fsp3) is 0.889. The molecule has 0 fully saturated rings. The van der Waals surface area contributed by atoms with Crippen LogP contribution in [0.5, 0.6) is 0 Å². The summed E-state index contributed by atoms with van der Waals surface area (Å²) in [6, 6.07) is 0. The van der Waals surface area contributed by atoms with E-state index in [0.717, 1.165) is 0 Å². The van der Waals surface area contributed by atoms with Crippen LogP contribution in [0.2, 0.25) is 0 Å². The van der Waals surface area contributed by atoms with Crippen LogP contribution in [0.1, 0.15) is 34.1 Å². The van der Waals surface area contributed by atoms with Crippen molar-refractivity contribution < 1.29 is 9.00 Å². The molecule has 0 bridgehead atoms. The Labute approximate surface area is 77.2 Å². The zero-order valence-electron chi connectivity index (χ0n) is 8.29. The van der Waals surface area contributed by atoms with E-state index >= 15 is 0 Å². The van der Waals surface area contributed by atoms with Gasteiger partial charge in [-0.15, -0.1) is 0 Å². The fourth-order valence-electron chi connectivity index (χ4n) is 0.991. The number of rotatable bonds is 5. The fourth-order valence-corrected chi connectivity index (χ4v) is 2.40. The number of ketones is 1. The molecule has 0 aromatic heterocycles. The molecule has 0 aromatic carbocycles. The summed E-state index contributed by atoms with van der Waals surface area (Å²) in [5, 5.41) is 0.0184. The molecule has 0 radical (unpaired) electrons. The van der Waals surface area contributed by atoms with Crippen molar-refractivity contribution in [3.63, 3.8) is 0 Å². The predicted molar refractivity (Wildman–Crippen MR) is 52.6 cm³/mol. The lowest BCUT2D eigenvalue weighted by atomic mass is 10.2. The zero-order chi connectivity index (χ0) is 9.72. The molecule has 0 aromatic rings. The Morgan fingerprint density at radius 2 is 1.83 bits per heavy atom. The smallest absolute Gasteiger partial charge is 0.131 e. The highest BCUT2D eigenvalue weighted by Gasteiger charge is 2.13. The second-order valence-electron chi connectivity index (χ2n) is 3.66. The number of carbonyl (C=O) groups excluding carboxylic acids is 1. The third kappa shape index (κ3) is 5.47. The summed E-state index contributed by atoms with van der Waals surface area (Å²) in [5.41, 5.74) is 0. The van der Waals surface area contributed by atoms with E-state index in [1.165, 1.54) is 0 Å². The highest BCUT2D eigenvalue weighted by atomic mass is 32.2. The molecule has 2 atom stereocenters. The second-order valence-corrected chi connectivity index (χ2v) is 5.56. The van der Waals surface area contributed by atoms with Gasteiger partial charge in [-0.3, -0.25) is 9.00 Å². The maximum absolute atomic E-state index is 11.4. The van der Waals surface area contributed by atoms with Crippen LogP contribution in [0, 0.1) is 5.92 Å². The van der Waals surface area contributed by atoms with Crippen molar-refractivity contribution in [1.29, 1.82) is 0 Å². The lowest BCUT2D eigenvalue weighted by Gasteiger charge is -2.10. The quantitative estimate of drug-likeness (QED) is 0.662. The second kappa shape index (κ2) is 5.46. The maximum Gasteiger partial charge on any atom is 0.131 e. The lowest BCUT2D eigenvalue weighted by Crippen LogP contribution is -2.19. The third-order valence-corrected chi connectivity index (χ3v) is 3.58. The summed E-state index contributed by atoms with van der Waals surface area (Å²) in [6.45, 7) is 7.50. The monoisotopic (exact) mass is 190 g/mol. The van der Waals surface area contributed by atoms with E-state index in [2.05, 4.69) is 0 Å². The van der Waals surface area contributed by atoms with Gasteiger partial charge in [-0.05, 0) is 12.8 Å². The van der Waals surface area contributed by atoms with Crippen LogP contribution in [-0.2, 0) is 15.6 Å². The molecule has 2 nitrogen and oxygen atoms in total. The average Bonchev–Trinajstić information content (AvgIpc) is 1.84. The highest BCUT2D eigenvalue weighted by molar-refractivity contribution is 7.85. The number of carbonyl (C=O) groups is 1. The summed E-state index contributed by atoms with van der Waals surface area (Å²) in [4.78, 5) is 10.7. The van der Waals surface area contributed by atoms with Crippen LogP contribution >= 0.6 is 0 Å². The average molecular weight is 190 g/mol. The molecule has 0 N–H and O–H groups in total. The highest BCUT2D eigenvalue weighted by Crippen LogP contribution is 2.06. The van der Waals surface area contributed by atoms with Crippen LogP contribution in [0.4, 0.5) is 0 Å². The summed E-state index contributed by atoms with van der Waals surface area (Å²) >= 11 is 0. The van der Waals surface area contributed by atoms with Gasteiger partial charge in [-0.1, -0.05) is 20.8 Å². The largest absolute Gasteiger partial charge is 0.300 e. The number of Topliss-reactive ketones (excluding diaryl/α,β-unsaturated/α-hetero) is 1. The molecule has 0 rings (SSSR count). The van der Waals surface area contributed by atoms with Crippen LogP contribution in [0.15, 0.2) is 0 Å². The predicted octanol–water partition coefficient (Wildman–Crippen LogP) is 1.76. The molecule has 0 amide bonds. The molecule has 3 heteroatoms. The SMILES string of the molecule is CC(=O)CC(C)S(=O)CC(C)C. The molecule has 0 saturated carbocycles. The minimum atomic E-state index is -0.836. The van der Waals surface area contributed by atoms with Crippen molar-refractivity contribution in [2.24, 2.45) is 5.92 Å². The maximum atomic E-state index is 11.4. The van der Waals surface area contributed by atoms with Crippen LogP contribution in [0.25, 0.3) is 0 Å². The van der Waals surface area contributed by atoms with E-state index in [1.807, 2.05) is 20.8 Å². The van der Waals surface area contributed by atoms with E-state index in [4.69, 9.17) is 0 Å². The minimum absolute atomic E-state index is 0.0184. The zero-order valence-corrected chi connectivity index (χ0v) is 9.11. The normalized spacial score (nSPS) is 16.1. The Morgan fingerprint density at radius 3 is 2.17 bits per heavy atom. The first-order valence-corrected chi connectivity index (χ1v) is 5.68. The molecule has 0 saturated heterocycles. The first-order valence-electron chi connectivity index (χ1n) is 4.30. The van der Waals surface area contributed by atoms with Gasteiger partial charge in [0, 0.05) is 28.2 Å². The molecule has 2 unspecified atom stereocenters. The van der Waals surface area contributed by atoms with Gasteiger partial charge in [0.15, 0.2) is 0 Å². The van der Waals surface area contributed by atoms with E-state index in [9.17, 15) is 9.00 Å². The standard InChI is InChI=1S/C9H18O2S/c1-7(2)6-12(11)9(4)5-8(3)10/h7,9H,5-6H2,1-4H3. The van der Waals surface area contributed by atoms with Crippen molar-refractivity contribution in [2.75, 3.05) is 5.75 Å². The molecule has 0 aliphatic carbocycles. The van der Waals surface area contributed by atoms with Gasteiger partial charge in [-0.2, -0.15) is 0 Å². The Balaban J connectivity index is 3.85. The van der Waals surface area contributed by atoms with Gasteiger partial charge in [0.25, 0.3) is 0 Å². The Bertz CT molecular complexity index is 175. The molecular weight excluding hydrogens is 172 g/mol. The van der Waals surface area contributed by atoms with Crippen LogP contribution in [-0.4, -0.2) is 21.0 Å². The Hall–Kier alpha value is -0.180. The summed E-state index contributed by atoms with van der Waals surface area (Å²) < 4.78 is 11.4. The molecule has 72 valence electrons. The van der Waals surface area contributed by atoms with Gasteiger partial charge in [0.05, 0.1) is 0 Å². The van der Waals surface area contributed by atoms with Gasteiger partial charge >= 0.3 is 0 Å². The van der Waals surface area contributed by atoms with Gasteiger partial charge in [0.2, 0.25) is 0 Å². The molecule has 0 aliphatic rings. The van der Waals surface area contributed by atoms with Gasteiger partial charge in [0.1, 0.15) is 5.78 Å². The molecular formula is C9H18O2S. The Morgan fingerprint density at radius 1 is 1.33 bits per heavy atom. The summed E-state index contributed by atoms with van der Waals surface area (Å²) in [6.07, 6.45) is 0.444. The third-order valence-electron chi connectivity index (χ3n) is 1.52. The van der Waals surface area contributed by atoms with Gasteiger partial charge < -0.3 is 0 Å². The first kappa shape index (κ1) is 11.8. The topological polar surface area (TPSA) is 34.1 Å². The van der Waals surface area contributed by atoms with E-state index in [1.54, 1.807) is 6.92 Å². The summed E-state index contributed by atoms with van der Waals surface area (Å²) in [5.74, 6) is 1.27. The molecule has 0 spiro atoms. The minimum Gasteiger partial charge on any atom is -0.300 e. The lowest BCUT2D eigenvalue weighted by molar-refractivity contribution is -0.116. The molecule has 0 heterocycles. The van der Waals surface area contributed by atoms with Crippen molar-refractivity contribution >= 4 is 16.6 Å². The first-order chi connectivity index (χ1) is 5.43. The number of hydrogen-bond donors (Lipinski definition) is 0. The van der Waals surface area contributed by atoms with Crippen molar-refractivity contribution in [3.05, 3.63) is 0 Å². The molecule has 12 heavy (non-hydrogen) atoms. The van der Waals surface area contributed by atoms with Crippen molar-refractivity contribution in [3.8, 4) is 0 Å². The van der Waals surface area contributed by atoms with Crippen LogP contribution < -0.4 is 0 Å². The van der Waals surface area contributed by atoms with E-state index in [0.29, 0.717) is 18.1 Å². The summed E-state index contributed by atoms with van der Waals surface area (Å²) in [7, 11) is -0.836. The number of hydrogen-bond acceptors (Lipinski definition) is 2. The van der Waals surface area contributed by atoms with Gasteiger partial charge in [-0.25, -0.2) is 0 Å². The Kier molecular flexibility index (Phi) is 5.38. The van der Waals surface area contributed by atoms with Crippen LogP contribution in [0.3, 0.4) is 0 Å². The van der Waals surface area contributed by atoms with Crippen molar-refractivity contribution in [1.82, 2.24) is 0 Å². The molecule has 0 aliphatic heterocycles. The van der Waals surface area contributed by atoms with E-state index in [-0.39, 0.29) is 11.0 Å².